The molecule has 0 aliphatic carbocycles. The van der Waals surface area contributed by atoms with Crippen LogP contribution >= 0.6 is 0 Å². The molecule has 2 amide bonds. The number of alkyl halides is 6. The van der Waals surface area contributed by atoms with Crippen LogP contribution in [0.3, 0.4) is 0 Å². The third-order valence-corrected chi connectivity index (χ3v) is 12.0. The highest BCUT2D eigenvalue weighted by Gasteiger charge is 2.31. The topological polar surface area (TPSA) is 120 Å². The third-order valence-electron chi connectivity index (χ3n) is 12.0. The van der Waals surface area contributed by atoms with Gasteiger partial charge in [-0.3, -0.25) is 0 Å². The molecule has 0 saturated carbocycles. The molecule has 19 heteroatoms. The van der Waals surface area contributed by atoms with Crippen LogP contribution in [0.4, 0.5) is 53.0 Å². The highest BCUT2D eigenvalue weighted by molar-refractivity contribution is 5.69. The van der Waals surface area contributed by atoms with Gasteiger partial charge in [0.05, 0.1) is 11.1 Å². The number of hydrogen-bond acceptors (Lipinski definition) is 11. The van der Waals surface area contributed by atoms with Crippen LogP contribution in [0.5, 0.6) is 17.2 Å². The Morgan fingerprint density at radius 3 is 1.07 bits per heavy atom. The van der Waals surface area contributed by atoms with Crippen molar-refractivity contribution in [2.75, 3.05) is 93.2 Å². The molecule has 0 radical (unpaired) electrons. The molecule has 3 aliphatic rings. The molecule has 0 atom stereocenters. The van der Waals surface area contributed by atoms with Gasteiger partial charge in [0.1, 0.15) is 41.7 Å². The first kappa shape index (κ1) is 57.3. The minimum Gasteiger partial charge on any atom is -0.508 e. The predicted octanol–water partition coefficient (Wildman–Crippen LogP) is 11.5. The van der Waals surface area contributed by atoms with E-state index < -0.39 is 34.7 Å². The van der Waals surface area contributed by atoms with Crippen molar-refractivity contribution in [2.24, 2.45) is 0 Å². The average molecular weight is 1050 g/mol. The van der Waals surface area contributed by atoms with Crippen LogP contribution in [-0.2, 0) is 35.0 Å². The van der Waals surface area contributed by atoms with Gasteiger partial charge in [-0.1, -0.05) is 24.3 Å². The summed E-state index contributed by atoms with van der Waals surface area (Å²) >= 11 is 0. The zero-order valence-electron chi connectivity index (χ0n) is 43.3. The fourth-order valence-electron chi connectivity index (χ4n) is 7.95. The predicted molar refractivity (Wildman–Crippen MR) is 278 cm³/mol. The van der Waals surface area contributed by atoms with E-state index in [-0.39, 0.29) is 31.1 Å². The second kappa shape index (κ2) is 25.5. The first-order valence-electron chi connectivity index (χ1n) is 24.9. The SMILES string of the molecule is CC(C)(C)OC(=O)N1CCN(c2ccc(O)cc2)CC1.CC(C)(C)OC(=O)N1CCN(c2ccc(OCc3ccc(C(F)(F)F)cc3)cc2)CC1.FC(F)(F)c1ccc(COc2ccc(N3CCNCC3)cc2)cc1. The van der Waals surface area contributed by atoms with Gasteiger partial charge in [-0.15, -0.1) is 0 Å². The van der Waals surface area contributed by atoms with Gasteiger partial charge in [0, 0.05) is 95.6 Å². The van der Waals surface area contributed by atoms with Crippen LogP contribution in [0, 0.1) is 0 Å². The molecule has 13 nitrogen and oxygen atoms in total. The summed E-state index contributed by atoms with van der Waals surface area (Å²) in [6, 6.07) is 32.4. The van der Waals surface area contributed by atoms with E-state index in [1.54, 1.807) is 21.9 Å². The number of aromatic hydroxyl groups is 1. The average Bonchev–Trinajstić information content (AvgIpc) is 3.37. The zero-order valence-corrected chi connectivity index (χ0v) is 43.3. The second-order valence-corrected chi connectivity index (χ2v) is 20.1. The molecule has 406 valence electrons. The number of benzene rings is 5. The summed E-state index contributed by atoms with van der Waals surface area (Å²) in [6.45, 7) is 20.9. The van der Waals surface area contributed by atoms with Crippen LogP contribution in [0.2, 0.25) is 0 Å². The molecule has 3 aliphatic heterocycles. The van der Waals surface area contributed by atoms with Gasteiger partial charge in [0.25, 0.3) is 0 Å². The van der Waals surface area contributed by atoms with Crippen molar-refractivity contribution in [1.82, 2.24) is 15.1 Å². The van der Waals surface area contributed by atoms with E-state index in [4.69, 9.17) is 18.9 Å². The number of rotatable bonds is 9. The number of amides is 2. The van der Waals surface area contributed by atoms with Gasteiger partial charge in [-0.05, 0) is 150 Å². The van der Waals surface area contributed by atoms with Crippen LogP contribution in [0.1, 0.15) is 63.8 Å². The van der Waals surface area contributed by atoms with E-state index in [0.29, 0.717) is 61.9 Å². The lowest BCUT2D eigenvalue weighted by molar-refractivity contribution is -0.138. The highest BCUT2D eigenvalue weighted by Crippen LogP contribution is 2.31. The van der Waals surface area contributed by atoms with E-state index in [1.807, 2.05) is 102 Å². The largest absolute Gasteiger partial charge is 0.508 e. The number of carbonyl (C=O) groups is 2. The number of ether oxygens (including phenoxy) is 4. The lowest BCUT2D eigenvalue weighted by atomic mass is 10.1. The number of anilines is 3. The first-order valence-corrected chi connectivity index (χ1v) is 24.9. The summed E-state index contributed by atoms with van der Waals surface area (Å²) in [7, 11) is 0. The van der Waals surface area contributed by atoms with Gasteiger partial charge in [0.15, 0.2) is 0 Å². The monoisotopic (exact) mass is 1050 g/mol. The normalized spacial score (nSPS) is 15.4. The van der Waals surface area contributed by atoms with Crippen LogP contribution in [0.25, 0.3) is 0 Å². The van der Waals surface area contributed by atoms with Crippen LogP contribution in [0.15, 0.2) is 121 Å². The molecule has 0 bridgehead atoms. The number of phenols is 1. The van der Waals surface area contributed by atoms with Crippen molar-refractivity contribution in [3.05, 3.63) is 144 Å². The molecule has 2 N–H and O–H groups in total. The van der Waals surface area contributed by atoms with Gasteiger partial charge >= 0.3 is 24.5 Å². The molecule has 0 unspecified atom stereocenters. The minimum absolute atomic E-state index is 0.187. The minimum atomic E-state index is -4.34. The number of hydrogen-bond donors (Lipinski definition) is 2. The molecule has 8 rings (SSSR count). The van der Waals surface area contributed by atoms with Gasteiger partial charge < -0.3 is 53.9 Å². The van der Waals surface area contributed by atoms with Gasteiger partial charge in [-0.25, -0.2) is 9.59 Å². The fourth-order valence-corrected chi connectivity index (χ4v) is 7.95. The fraction of sp³-hybridized carbons (Fsp3) is 0.429. The third kappa shape index (κ3) is 18.7. The zero-order chi connectivity index (χ0) is 54.4. The molecule has 3 saturated heterocycles. The number of halogens is 6. The van der Waals surface area contributed by atoms with E-state index in [1.165, 1.54) is 24.3 Å². The van der Waals surface area contributed by atoms with Gasteiger partial charge in [-0.2, -0.15) is 26.3 Å². The smallest absolute Gasteiger partial charge is 0.416 e. The molecular formula is C56H68F6N6O7. The Morgan fingerprint density at radius 1 is 0.453 bits per heavy atom. The number of nitrogens with one attached hydrogen (secondary N) is 1. The van der Waals surface area contributed by atoms with Crippen molar-refractivity contribution in [1.29, 1.82) is 0 Å². The molecule has 0 spiro atoms. The summed E-state index contributed by atoms with van der Waals surface area (Å²) < 4.78 is 97.6. The maximum absolute atomic E-state index is 12.6. The maximum Gasteiger partial charge on any atom is 0.416 e. The summed E-state index contributed by atoms with van der Waals surface area (Å²) in [4.78, 5) is 34.3. The van der Waals surface area contributed by atoms with Crippen LogP contribution < -0.4 is 29.5 Å². The molecule has 3 heterocycles. The van der Waals surface area contributed by atoms with E-state index in [9.17, 15) is 41.0 Å². The molecule has 5 aromatic rings. The van der Waals surface area contributed by atoms with Gasteiger partial charge in [0.2, 0.25) is 0 Å². The van der Waals surface area contributed by atoms with Crippen molar-refractivity contribution in [2.45, 2.75) is 78.3 Å². The molecule has 0 aromatic heterocycles. The maximum atomic E-state index is 12.6. The Balaban J connectivity index is 0.000000188. The summed E-state index contributed by atoms with van der Waals surface area (Å²) in [5.74, 6) is 1.60. The molecule has 3 fully saturated rings. The van der Waals surface area contributed by atoms with Crippen LogP contribution in [-0.4, -0.2) is 117 Å². The number of phenolic OH excluding ortho intramolecular Hbond substituents is 1. The van der Waals surface area contributed by atoms with Crippen molar-refractivity contribution in [3.8, 4) is 17.2 Å². The quantitative estimate of drug-likeness (QED) is 0.137. The van der Waals surface area contributed by atoms with E-state index in [0.717, 1.165) is 80.6 Å². The summed E-state index contributed by atoms with van der Waals surface area (Å²) in [5, 5.41) is 12.6. The summed E-state index contributed by atoms with van der Waals surface area (Å²) in [6.07, 6.45) is -9.19. The Hall–Kier alpha value is -7.02. The second-order valence-electron chi connectivity index (χ2n) is 20.1. The molecule has 5 aromatic carbocycles. The Labute approximate surface area is 435 Å². The Morgan fingerprint density at radius 2 is 0.760 bits per heavy atom. The summed E-state index contributed by atoms with van der Waals surface area (Å²) in [5.41, 5.74) is 2.31. The van der Waals surface area contributed by atoms with Crippen molar-refractivity contribution >= 4 is 29.2 Å². The van der Waals surface area contributed by atoms with E-state index >= 15 is 0 Å². The lowest BCUT2D eigenvalue weighted by Crippen LogP contribution is -2.50. The number of carbonyl (C=O) groups excluding carboxylic acids is 2. The first-order chi connectivity index (χ1) is 35.4. The Kier molecular flexibility index (Phi) is 19.5. The number of nitrogens with zero attached hydrogens (tertiary/aromatic N) is 5. The van der Waals surface area contributed by atoms with Crippen molar-refractivity contribution in [3.63, 3.8) is 0 Å². The lowest BCUT2D eigenvalue weighted by Gasteiger charge is -2.36. The number of piperazine rings is 3. The van der Waals surface area contributed by atoms with E-state index in [2.05, 4.69) is 20.0 Å². The molecule has 75 heavy (non-hydrogen) atoms. The van der Waals surface area contributed by atoms with Crippen molar-refractivity contribution < 1.29 is 60.0 Å². The molecular weight excluding hydrogens is 983 g/mol. The standard InChI is InChI=1S/C23H27F3N2O3.C18H19F3N2O.C15H22N2O3/c1-22(2,3)31-21(29)28-14-12-27(13-15-28)19-8-10-20(11-9-19)30-16-17-4-6-18(7-5-17)23(24,25)26;19-18(20,21)15-3-1-14(2-4-15)13-24-17-7-5-16(6-8-17)23-11-9-22-10-12-23;1-15(2,3)20-14(19)17-10-8-16(9-11-17)12-4-6-13(18)7-5-12/h4-11H,12-16H2,1-3H3;1-8,22H,9-13H2;4-7,18H,8-11H2,1-3H3. The Bertz CT molecular complexity index is 2530. The highest BCUT2D eigenvalue weighted by atomic mass is 19.4.